The molecule has 106 valence electrons. The van der Waals surface area contributed by atoms with Crippen molar-refractivity contribution in [3.8, 4) is 5.88 Å². The first kappa shape index (κ1) is 15.3. The van der Waals surface area contributed by atoms with E-state index in [1.54, 1.807) is 12.3 Å². The quantitative estimate of drug-likeness (QED) is 0.756. The van der Waals surface area contributed by atoms with E-state index in [4.69, 9.17) is 4.74 Å². The van der Waals surface area contributed by atoms with Gasteiger partial charge in [0.15, 0.2) is 0 Å². The van der Waals surface area contributed by atoms with Crippen LogP contribution in [0.25, 0.3) is 0 Å². The first-order chi connectivity index (χ1) is 9.19. The topological polar surface area (TPSA) is 63.2 Å². The smallest absolute Gasteiger partial charge is 0.239 e. The van der Waals surface area contributed by atoms with E-state index in [1.165, 1.54) is 0 Å². The number of ether oxygens (including phenoxy) is 1. The van der Waals surface area contributed by atoms with Crippen LogP contribution < -0.4 is 15.4 Å². The van der Waals surface area contributed by atoms with Crippen LogP contribution in [0.4, 0.5) is 5.69 Å². The van der Waals surface area contributed by atoms with Gasteiger partial charge in [0.05, 0.1) is 25.0 Å². The van der Waals surface area contributed by atoms with Gasteiger partial charge in [0.25, 0.3) is 0 Å². The maximum absolute atomic E-state index is 11.7. The lowest BCUT2D eigenvalue weighted by atomic mass is 10.2. The molecule has 0 bridgehead atoms. The van der Waals surface area contributed by atoms with Crippen LogP contribution in [0.1, 0.15) is 33.6 Å². The van der Waals surface area contributed by atoms with E-state index in [0.717, 1.165) is 18.5 Å². The molecule has 0 aliphatic rings. The van der Waals surface area contributed by atoms with Gasteiger partial charge in [-0.2, -0.15) is 0 Å². The largest absolute Gasteiger partial charge is 0.478 e. The predicted molar refractivity (Wildman–Crippen MR) is 76.4 cm³/mol. The van der Waals surface area contributed by atoms with Crippen molar-refractivity contribution in [2.75, 3.05) is 18.5 Å². The van der Waals surface area contributed by atoms with E-state index in [1.807, 2.05) is 13.0 Å². The zero-order chi connectivity index (χ0) is 14.1. The molecule has 0 unspecified atom stereocenters. The Hall–Kier alpha value is -1.78. The maximum atomic E-state index is 11.7. The summed E-state index contributed by atoms with van der Waals surface area (Å²) < 4.78 is 5.25. The standard InChI is InChI=1S/C14H23N3O2/c1-4-11(5-2)17-13(18)10-15-12-7-8-14(16-9-12)19-6-3/h7-9,11,15H,4-6,10H2,1-3H3,(H,17,18). The number of carbonyl (C=O) groups excluding carboxylic acids is 1. The third kappa shape index (κ3) is 5.59. The highest BCUT2D eigenvalue weighted by Crippen LogP contribution is 2.11. The molecule has 1 aromatic rings. The van der Waals surface area contributed by atoms with Crippen LogP contribution >= 0.6 is 0 Å². The summed E-state index contributed by atoms with van der Waals surface area (Å²) >= 11 is 0. The minimum Gasteiger partial charge on any atom is -0.478 e. The van der Waals surface area contributed by atoms with Crippen molar-refractivity contribution in [3.05, 3.63) is 18.3 Å². The van der Waals surface area contributed by atoms with Gasteiger partial charge in [-0.1, -0.05) is 13.8 Å². The summed E-state index contributed by atoms with van der Waals surface area (Å²) in [5, 5.41) is 6.01. The van der Waals surface area contributed by atoms with Gasteiger partial charge in [-0.05, 0) is 25.8 Å². The molecule has 19 heavy (non-hydrogen) atoms. The van der Waals surface area contributed by atoms with Crippen molar-refractivity contribution in [3.63, 3.8) is 0 Å². The van der Waals surface area contributed by atoms with Gasteiger partial charge in [0.2, 0.25) is 11.8 Å². The lowest BCUT2D eigenvalue weighted by molar-refractivity contribution is -0.120. The second-order valence-corrected chi connectivity index (χ2v) is 4.25. The zero-order valence-electron chi connectivity index (χ0n) is 11.9. The molecular weight excluding hydrogens is 242 g/mol. The third-order valence-electron chi connectivity index (χ3n) is 2.83. The molecule has 0 aliphatic heterocycles. The highest BCUT2D eigenvalue weighted by Gasteiger charge is 2.07. The van der Waals surface area contributed by atoms with E-state index in [0.29, 0.717) is 12.5 Å². The Balaban J connectivity index is 2.37. The summed E-state index contributed by atoms with van der Waals surface area (Å²) in [6.45, 7) is 6.90. The van der Waals surface area contributed by atoms with Crippen LogP contribution in [0, 0.1) is 0 Å². The molecule has 0 saturated heterocycles. The molecule has 0 saturated carbocycles. The fraction of sp³-hybridized carbons (Fsp3) is 0.571. The Morgan fingerprint density at radius 2 is 2.05 bits per heavy atom. The van der Waals surface area contributed by atoms with E-state index >= 15 is 0 Å². The molecule has 0 fully saturated rings. The average molecular weight is 265 g/mol. The Bertz CT molecular complexity index is 375. The molecule has 5 heteroatoms. The molecule has 0 spiro atoms. The summed E-state index contributed by atoms with van der Waals surface area (Å²) in [4.78, 5) is 15.8. The van der Waals surface area contributed by atoms with Gasteiger partial charge in [-0.15, -0.1) is 0 Å². The van der Waals surface area contributed by atoms with Crippen LogP contribution in [-0.2, 0) is 4.79 Å². The molecule has 0 radical (unpaired) electrons. The predicted octanol–water partition coefficient (Wildman–Crippen LogP) is 2.20. The number of anilines is 1. The number of rotatable bonds is 8. The number of nitrogens with zero attached hydrogens (tertiary/aromatic N) is 1. The van der Waals surface area contributed by atoms with Gasteiger partial charge in [0, 0.05) is 12.1 Å². The maximum Gasteiger partial charge on any atom is 0.239 e. The summed E-state index contributed by atoms with van der Waals surface area (Å²) in [5.74, 6) is 0.595. The van der Waals surface area contributed by atoms with Gasteiger partial charge in [0.1, 0.15) is 0 Å². The van der Waals surface area contributed by atoms with Crippen molar-refractivity contribution < 1.29 is 9.53 Å². The Morgan fingerprint density at radius 3 is 2.58 bits per heavy atom. The van der Waals surface area contributed by atoms with Crippen LogP contribution in [0.3, 0.4) is 0 Å². The summed E-state index contributed by atoms with van der Waals surface area (Å²) in [7, 11) is 0. The van der Waals surface area contributed by atoms with Crippen LogP contribution in [0.5, 0.6) is 5.88 Å². The average Bonchev–Trinajstić information content (AvgIpc) is 2.44. The number of hydrogen-bond acceptors (Lipinski definition) is 4. The minimum absolute atomic E-state index is 0.00239. The van der Waals surface area contributed by atoms with Crippen molar-refractivity contribution in [2.24, 2.45) is 0 Å². The van der Waals surface area contributed by atoms with Crippen molar-refractivity contribution in [1.29, 1.82) is 0 Å². The van der Waals surface area contributed by atoms with Gasteiger partial charge >= 0.3 is 0 Å². The number of hydrogen-bond donors (Lipinski definition) is 2. The lowest BCUT2D eigenvalue weighted by Gasteiger charge is -2.15. The van der Waals surface area contributed by atoms with Crippen LogP contribution in [0.2, 0.25) is 0 Å². The van der Waals surface area contributed by atoms with Crippen LogP contribution in [0.15, 0.2) is 18.3 Å². The van der Waals surface area contributed by atoms with Crippen molar-refractivity contribution in [2.45, 2.75) is 39.7 Å². The normalized spacial score (nSPS) is 10.3. The van der Waals surface area contributed by atoms with Gasteiger partial charge in [-0.25, -0.2) is 4.98 Å². The number of aromatic nitrogens is 1. The van der Waals surface area contributed by atoms with Crippen molar-refractivity contribution >= 4 is 11.6 Å². The molecule has 1 rings (SSSR count). The van der Waals surface area contributed by atoms with Gasteiger partial charge < -0.3 is 15.4 Å². The monoisotopic (exact) mass is 265 g/mol. The van der Waals surface area contributed by atoms with E-state index in [-0.39, 0.29) is 18.5 Å². The SMILES string of the molecule is CCOc1ccc(NCC(=O)NC(CC)CC)cn1. The molecule has 0 atom stereocenters. The summed E-state index contributed by atoms with van der Waals surface area (Å²) in [6, 6.07) is 3.89. The second-order valence-electron chi connectivity index (χ2n) is 4.25. The fourth-order valence-corrected chi connectivity index (χ4v) is 1.67. The molecule has 0 aromatic carbocycles. The summed E-state index contributed by atoms with van der Waals surface area (Å²) in [6.07, 6.45) is 3.56. The van der Waals surface area contributed by atoms with Crippen molar-refractivity contribution in [1.82, 2.24) is 10.3 Å². The third-order valence-corrected chi connectivity index (χ3v) is 2.83. The minimum atomic E-state index is 0.00239. The lowest BCUT2D eigenvalue weighted by Crippen LogP contribution is -2.37. The highest BCUT2D eigenvalue weighted by atomic mass is 16.5. The fourth-order valence-electron chi connectivity index (χ4n) is 1.67. The van der Waals surface area contributed by atoms with E-state index in [2.05, 4.69) is 29.5 Å². The van der Waals surface area contributed by atoms with Crippen LogP contribution in [-0.4, -0.2) is 30.1 Å². The van der Waals surface area contributed by atoms with Gasteiger partial charge in [-0.3, -0.25) is 4.79 Å². The Labute approximate surface area is 114 Å². The Morgan fingerprint density at radius 1 is 1.32 bits per heavy atom. The number of pyridine rings is 1. The molecule has 1 heterocycles. The number of amides is 1. The number of carbonyl (C=O) groups is 1. The molecule has 2 N–H and O–H groups in total. The Kier molecular flexibility index (Phi) is 6.71. The highest BCUT2D eigenvalue weighted by molar-refractivity contribution is 5.80. The summed E-state index contributed by atoms with van der Waals surface area (Å²) in [5.41, 5.74) is 0.808. The van der Waals surface area contributed by atoms with E-state index < -0.39 is 0 Å². The zero-order valence-corrected chi connectivity index (χ0v) is 11.9. The second kappa shape index (κ2) is 8.34. The molecule has 5 nitrogen and oxygen atoms in total. The molecular formula is C14H23N3O2. The van der Waals surface area contributed by atoms with E-state index in [9.17, 15) is 4.79 Å². The first-order valence-corrected chi connectivity index (χ1v) is 6.81. The molecule has 1 amide bonds. The molecule has 0 aliphatic carbocycles. The first-order valence-electron chi connectivity index (χ1n) is 6.81. The molecule has 1 aromatic heterocycles. The number of nitrogens with one attached hydrogen (secondary N) is 2.